The lowest BCUT2D eigenvalue weighted by Gasteiger charge is -2.16. The SMILES string of the molecule is CCOc1ccc(N2C(=O)C(CNc3ccc(C)cc3)SC2=S)cc1. The topological polar surface area (TPSA) is 41.6 Å². The first-order valence-corrected chi connectivity index (χ1v) is 9.45. The van der Waals surface area contributed by atoms with E-state index in [-0.39, 0.29) is 11.2 Å². The van der Waals surface area contributed by atoms with Crippen LogP contribution in [-0.2, 0) is 4.79 Å². The number of rotatable bonds is 6. The normalized spacial score (nSPS) is 17.0. The molecule has 0 radical (unpaired) electrons. The smallest absolute Gasteiger partial charge is 0.247 e. The Labute approximate surface area is 157 Å². The quantitative estimate of drug-likeness (QED) is 0.768. The maximum Gasteiger partial charge on any atom is 0.247 e. The monoisotopic (exact) mass is 372 g/mol. The second-order valence-electron chi connectivity index (χ2n) is 5.72. The number of thiocarbonyl (C=S) groups is 1. The molecule has 1 atom stereocenters. The molecule has 1 amide bonds. The molecule has 0 aliphatic carbocycles. The highest BCUT2D eigenvalue weighted by Gasteiger charge is 2.37. The molecule has 1 saturated heterocycles. The second kappa shape index (κ2) is 7.89. The van der Waals surface area contributed by atoms with Crippen LogP contribution in [0.1, 0.15) is 12.5 Å². The van der Waals surface area contributed by atoms with E-state index in [4.69, 9.17) is 17.0 Å². The molecule has 0 spiro atoms. The Morgan fingerprint density at radius 2 is 1.84 bits per heavy atom. The van der Waals surface area contributed by atoms with Crippen molar-refractivity contribution in [3.8, 4) is 5.75 Å². The van der Waals surface area contributed by atoms with Crippen LogP contribution in [0.25, 0.3) is 0 Å². The molecule has 1 N–H and O–H groups in total. The van der Waals surface area contributed by atoms with Crippen LogP contribution in [0.3, 0.4) is 0 Å². The van der Waals surface area contributed by atoms with Crippen molar-refractivity contribution in [2.45, 2.75) is 19.1 Å². The van der Waals surface area contributed by atoms with Gasteiger partial charge in [0.15, 0.2) is 0 Å². The molecule has 1 unspecified atom stereocenters. The van der Waals surface area contributed by atoms with Crippen molar-refractivity contribution < 1.29 is 9.53 Å². The number of hydrogen-bond acceptors (Lipinski definition) is 5. The number of nitrogens with zero attached hydrogens (tertiary/aromatic N) is 1. The molecule has 2 aromatic rings. The zero-order chi connectivity index (χ0) is 17.8. The molecule has 25 heavy (non-hydrogen) atoms. The number of amides is 1. The van der Waals surface area contributed by atoms with Crippen LogP contribution in [0.5, 0.6) is 5.75 Å². The largest absolute Gasteiger partial charge is 0.494 e. The molecule has 1 aliphatic heterocycles. The van der Waals surface area contributed by atoms with Crippen molar-refractivity contribution in [3.63, 3.8) is 0 Å². The number of nitrogens with one attached hydrogen (secondary N) is 1. The van der Waals surface area contributed by atoms with E-state index in [0.717, 1.165) is 17.1 Å². The Balaban J connectivity index is 1.66. The molecule has 1 aliphatic rings. The van der Waals surface area contributed by atoms with Gasteiger partial charge in [-0.25, -0.2) is 0 Å². The van der Waals surface area contributed by atoms with Crippen LogP contribution in [-0.4, -0.2) is 28.6 Å². The number of benzene rings is 2. The van der Waals surface area contributed by atoms with Crippen LogP contribution < -0.4 is 15.0 Å². The molecular weight excluding hydrogens is 352 g/mol. The number of aryl methyl sites for hydroxylation is 1. The Hall–Kier alpha value is -2.05. The third kappa shape index (κ3) is 4.14. The average Bonchev–Trinajstić information content (AvgIpc) is 2.89. The lowest BCUT2D eigenvalue weighted by Crippen LogP contribution is -2.33. The first kappa shape index (κ1) is 17.8. The molecule has 1 heterocycles. The van der Waals surface area contributed by atoms with E-state index >= 15 is 0 Å². The van der Waals surface area contributed by atoms with Gasteiger partial charge in [0.05, 0.1) is 12.3 Å². The van der Waals surface area contributed by atoms with E-state index < -0.39 is 0 Å². The average molecular weight is 373 g/mol. The zero-order valence-electron chi connectivity index (χ0n) is 14.2. The second-order valence-corrected chi connectivity index (χ2v) is 7.56. The number of hydrogen-bond donors (Lipinski definition) is 1. The summed E-state index contributed by atoms with van der Waals surface area (Å²) in [5.74, 6) is 0.799. The van der Waals surface area contributed by atoms with Gasteiger partial charge < -0.3 is 10.1 Å². The molecule has 2 aromatic carbocycles. The molecule has 0 aromatic heterocycles. The molecule has 130 valence electrons. The van der Waals surface area contributed by atoms with Crippen molar-refractivity contribution in [1.29, 1.82) is 0 Å². The summed E-state index contributed by atoms with van der Waals surface area (Å²) in [5.41, 5.74) is 2.99. The third-order valence-electron chi connectivity index (χ3n) is 3.87. The van der Waals surface area contributed by atoms with Gasteiger partial charge in [0, 0.05) is 12.2 Å². The predicted octanol–water partition coefficient (Wildman–Crippen LogP) is 4.24. The van der Waals surface area contributed by atoms with Crippen LogP contribution >= 0.6 is 24.0 Å². The summed E-state index contributed by atoms with van der Waals surface area (Å²) in [6, 6.07) is 15.6. The number of carbonyl (C=O) groups excluding carboxylic acids is 1. The number of ether oxygens (including phenoxy) is 1. The highest BCUT2D eigenvalue weighted by Crippen LogP contribution is 2.33. The minimum atomic E-state index is -0.222. The summed E-state index contributed by atoms with van der Waals surface area (Å²) in [6.45, 7) is 5.14. The highest BCUT2D eigenvalue weighted by molar-refractivity contribution is 8.25. The molecule has 1 fully saturated rings. The Bertz CT molecular complexity index is 760. The van der Waals surface area contributed by atoms with Crippen LogP contribution in [0, 0.1) is 6.92 Å². The van der Waals surface area contributed by atoms with Crippen LogP contribution in [0.15, 0.2) is 48.5 Å². The number of thioether (sulfide) groups is 1. The van der Waals surface area contributed by atoms with Crippen molar-refractivity contribution in [2.75, 3.05) is 23.4 Å². The Morgan fingerprint density at radius 1 is 1.16 bits per heavy atom. The van der Waals surface area contributed by atoms with E-state index in [1.807, 2.05) is 62.4 Å². The summed E-state index contributed by atoms with van der Waals surface area (Å²) in [7, 11) is 0. The maximum atomic E-state index is 12.7. The Morgan fingerprint density at radius 3 is 2.48 bits per heavy atom. The standard InChI is InChI=1S/C19H20N2O2S2/c1-3-23-16-10-8-15(9-11-16)21-18(22)17(25-19(21)24)12-20-14-6-4-13(2)5-7-14/h4-11,17,20H,3,12H2,1-2H3. The van der Waals surface area contributed by atoms with E-state index in [2.05, 4.69) is 5.32 Å². The van der Waals surface area contributed by atoms with Gasteiger partial charge in [-0.3, -0.25) is 9.69 Å². The van der Waals surface area contributed by atoms with Crippen molar-refractivity contribution >= 4 is 45.6 Å². The van der Waals surface area contributed by atoms with Crippen LogP contribution in [0.4, 0.5) is 11.4 Å². The minimum Gasteiger partial charge on any atom is -0.494 e. The Kier molecular flexibility index (Phi) is 5.60. The van der Waals surface area contributed by atoms with E-state index in [1.54, 1.807) is 4.90 Å². The fraction of sp³-hybridized carbons (Fsp3) is 0.263. The third-order valence-corrected chi connectivity index (χ3v) is 5.38. The lowest BCUT2D eigenvalue weighted by molar-refractivity contribution is -0.116. The first-order valence-electron chi connectivity index (χ1n) is 8.16. The summed E-state index contributed by atoms with van der Waals surface area (Å²) in [6.07, 6.45) is 0. The van der Waals surface area contributed by atoms with Gasteiger partial charge in [-0.2, -0.15) is 0 Å². The van der Waals surface area contributed by atoms with Crippen molar-refractivity contribution in [1.82, 2.24) is 0 Å². The van der Waals surface area contributed by atoms with Gasteiger partial charge in [0.25, 0.3) is 0 Å². The van der Waals surface area contributed by atoms with Gasteiger partial charge in [-0.05, 0) is 50.2 Å². The van der Waals surface area contributed by atoms with Crippen molar-refractivity contribution in [3.05, 3.63) is 54.1 Å². The predicted molar refractivity (Wildman–Crippen MR) is 109 cm³/mol. The molecular formula is C19H20N2O2S2. The van der Waals surface area contributed by atoms with Gasteiger partial charge in [-0.15, -0.1) is 0 Å². The summed E-state index contributed by atoms with van der Waals surface area (Å²) < 4.78 is 6.03. The minimum absolute atomic E-state index is 0.0128. The number of anilines is 2. The molecule has 0 saturated carbocycles. The van der Waals surface area contributed by atoms with Gasteiger partial charge in [-0.1, -0.05) is 41.7 Å². The van der Waals surface area contributed by atoms with E-state index in [9.17, 15) is 4.79 Å². The van der Waals surface area contributed by atoms with Gasteiger partial charge in [0.2, 0.25) is 5.91 Å². The lowest BCUT2D eigenvalue weighted by atomic mass is 10.2. The van der Waals surface area contributed by atoms with Gasteiger partial charge in [0.1, 0.15) is 15.3 Å². The summed E-state index contributed by atoms with van der Waals surface area (Å²) in [5, 5.41) is 3.09. The first-order chi connectivity index (χ1) is 12.1. The molecule has 3 rings (SSSR count). The fourth-order valence-corrected chi connectivity index (χ4v) is 4.02. The van der Waals surface area contributed by atoms with Gasteiger partial charge >= 0.3 is 0 Å². The molecule has 6 heteroatoms. The summed E-state index contributed by atoms with van der Waals surface area (Å²) >= 11 is 6.85. The fourth-order valence-electron chi connectivity index (χ4n) is 2.56. The number of carbonyl (C=O) groups is 1. The highest BCUT2D eigenvalue weighted by atomic mass is 32.2. The molecule has 0 bridgehead atoms. The zero-order valence-corrected chi connectivity index (χ0v) is 15.8. The maximum absolute atomic E-state index is 12.7. The van der Waals surface area contributed by atoms with E-state index in [1.165, 1.54) is 17.3 Å². The van der Waals surface area contributed by atoms with Crippen LogP contribution in [0.2, 0.25) is 0 Å². The molecule has 4 nitrogen and oxygen atoms in total. The van der Waals surface area contributed by atoms with Crippen molar-refractivity contribution in [2.24, 2.45) is 0 Å². The summed E-state index contributed by atoms with van der Waals surface area (Å²) in [4.78, 5) is 14.4. The van der Waals surface area contributed by atoms with E-state index in [0.29, 0.717) is 17.5 Å².